The van der Waals surface area contributed by atoms with Gasteiger partial charge in [0, 0.05) is 15.6 Å². The molecule has 3 rings (SSSR count). The normalized spacial score (nSPS) is 15.3. The summed E-state index contributed by atoms with van der Waals surface area (Å²) in [6.45, 7) is 2.67. The first-order valence-electron chi connectivity index (χ1n) is 7.67. The average molecular weight is 386 g/mol. The van der Waals surface area contributed by atoms with E-state index < -0.39 is 5.97 Å². The predicted molar refractivity (Wildman–Crippen MR) is 97.0 cm³/mol. The van der Waals surface area contributed by atoms with E-state index in [1.54, 1.807) is 6.08 Å². The molecule has 2 aromatic rings. The molecule has 0 bridgehead atoms. The third kappa shape index (κ3) is 3.74. The number of hydrogen-bond donors (Lipinski definition) is 0. The standard InChI is InChI=1S/C19H16BrNO3/c1-2-11-23-17-6-4-3-5-14(17)12-16-19(22)24-18(21-16)13-7-9-15(20)10-8-13/h3-10,12H,2,11H2,1H3. The number of hydrogen-bond acceptors (Lipinski definition) is 4. The lowest BCUT2D eigenvalue weighted by Gasteiger charge is -2.07. The van der Waals surface area contributed by atoms with Crippen LogP contribution < -0.4 is 4.74 Å². The first-order chi connectivity index (χ1) is 11.7. The number of para-hydroxylation sites is 1. The summed E-state index contributed by atoms with van der Waals surface area (Å²) >= 11 is 3.38. The second-order valence-electron chi connectivity index (χ2n) is 5.23. The van der Waals surface area contributed by atoms with Gasteiger partial charge in [-0.15, -0.1) is 0 Å². The molecule has 0 unspecified atom stereocenters. The molecule has 5 heteroatoms. The molecule has 122 valence electrons. The average Bonchev–Trinajstić information content (AvgIpc) is 2.95. The monoisotopic (exact) mass is 385 g/mol. The van der Waals surface area contributed by atoms with Gasteiger partial charge in [-0.1, -0.05) is 41.1 Å². The molecule has 24 heavy (non-hydrogen) atoms. The molecule has 0 radical (unpaired) electrons. The maximum absolute atomic E-state index is 12.1. The van der Waals surface area contributed by atoms with Crippen molar-refractivity contribution in [3.05, 3.63) is 69.8 Å². The van der Waals surface area contributed by atoms with Crippen molar-refractivity contribution in [1.29, 1.82) is 0 Å². The van der Waals surface area contributed by atoms with E-state index in [9.17, 15) is 4.79 Å². The smallest absolute Gasteiger partial charge is 0.363 e. The third-order valence-electron chi connectivity index (χ3n) is 3.38. The number of cyclic esters (lactones) is 1. The minimum absolute atomic E-state index is 0.264. The highest BCUT2D eigenvalue weighted by Gasteiger charge is 2.24. The van der Waals surface area contributed by atoms with Gasteiger partial charge in [-0.3, -0.25) is 0 Å². The van der Waals surface area contributed by atoms with E-state index in [4.69, 9.17) is 9.47 Å². The van der Waals surface area contributed by atoms with E-state index in [0.29, 0.717) is 12.5 Å². The zero-order valence-corrected chi connectivity index (χ0v) is 14.7. The van der Waals surface area contributed by atoms with Crippen molar-refractivity contribution >= 4 is 33.9 Å². The van der Waals surface area contributed by atoms with Crippen molar-refractivity contribution in [2.45, 2.75) is 13.3 Å². The van der Waals surface area contributed by atoms with Gasteiger partial charge in [-0.2, -0.15) is 0 Å². The molecule has 2 aromatic carbocycles. The Kier molecular flexibility index (Phi) is 5.11. The number of halogens is 1. The Balaban J connectivity index is 1.90. The van der Waals surface area contributed by atoms with Gasteiger partial charge in [0.15, 0.2) is 5.70 Å². The summed E-state index contributed by atoms with van der Waals surface area (Å²) in [5, 5.41) is 0. The quantitative estimate of drug-likeness (QED) is 0.558. The summed E-state index contributed by atoms with van der Waals surface area (Å²) < 4.78 is 11.9. The van der Waals surface area contributed by atoms with E-state index in [2.05, 4.69) is 20.9 Å². The van der Waals surface area contributed by atoms with Crippen molar-refractivity contribution in [2.75, 3.05) is 6.61 Å². The maximum Gasteiger partial charge on any atom is 0.363 e. The number of rotatable bonds is 5. The van der Waals surface area contributed by atoms with Gasteiger partial charge in [-0.05, 0) is 42.8 Å². The van der Waals surface area contributed by atoms with Crippen molar-refractivity contribution in [1.82, 2.24) is 0 Å². The maximum atomic E-state index is 12.1. The van der Waals surface area contributed by atoms with Crippen molar-refractivity contribution in [2.24, 2.45) is 4.99 Å². The van der Waals surface area contributed by atoms with Gasteiger partial charge in [-0.25, -0.2) is 9.79 Å². The molecule has 0 atom stereocenters. The summed E-state index contributed by atoms with van der Waals surface area (Å²) in [6, 6.07) is 15.0. The summed E-state index contributed by atoms with van der Waals surface area (Å²) in [6.07, 6.45) is 2.61. The van der Waals surface area contributed by atoms with Gasteiger partial charge in [0.05, 0.1) is 6.61 Å². The Morgan fingerprint density at radius 2 is 1.92 bits per heavy atom. The van der Waals surface area contributed by atoms with Crippen LogP contribution in [0.2, 0.25) is 0 Å². The van der Waals surface area contributed by atoms with Crippen LogP contribution in [-0.4, -0.2) is 18.5 Å². The molecular formula is C19H16BrNO3. The minimum atomic E-state index is -0.460. The summed E-state index contributed by atoms with van der Waals surface area (Å²) in [7, 11) is 0. The zero-order chi connectivity index (χ0) is 16.9. The molecule has 1 heterocycles. The molecule has 0 aliphatic carbocycles. The second kappa shape index (κ2) is 7.45. The van der Waals surface area contributed by atoms with Crippen LogP contribution in [0.1, 0.15) is 24.5 Å². The lowest BCUT2D eigenvalue weighted by Crippen LogP contribution is -2.05. The summed E-state index contributed by atoms with van der Waals surface area (Å²) in [5.74, 6) is 0.580. The van der Waals surface area contributed by atoms with Crippen LogP contribution >= 0.6 is 15.9 Å². The molecule has 0 fully saturated rings. The van der Waals surface area contributed by atoms with Crippen molar-refractivity contribution in [3.8, 4) is 5.75 Å². The fourth-order valence-corrected chi connectivity index (χ4v) is 2.48. The number of benzene rings is 2. The number of ether oxygens (including phenoxy) is 2. The van der Waals surface area contributed by atoms with Gasteiger partial charge in [0.1, 0.15) is 5.75 Å². The highest BCUT2D eigenvalue weighted by Crippen LogP contribution is 2.25. The fourth-order valence-electron chi connectivity index (χ4n) is 2.22. The highest BCUT2D eigenvalue weighted by atomic mass is 79.9. The van der Waals surface area contributed by atoms with Crippen LogP contribution in [0.4, 0.5) is 0 Å². The lowest BCUT2D eigenvalue weighted by atomic mass is 10.1. The first-order valence-corrected chi connectivity index (χ1v) is 8.47. The molecule has 0 spiro atoms. The first kappa shape index (κ1) is 16.5. The summed E-state index contributed by atoms with van der Waals surface area (Å²) in [5.41, 5.74) is 1.82. The number of esters is 1. The number of carbonyl (C=O) groups excluding carboxylic acids is 1. The topological polar surface area (TPSA) is 47.9 Å². The van der Waals surface area contributed by atoms with Gasteiger partial charge in [0.2, 0.25) is 5.90 Å². The third-order valence-corrected chi connectivity index (χ3v) is 3.91. The van der Waals surface area contributed by atoms with Crippen LogP contribution in [0.15, 0.2) is 63.7 Å². The van der Waals surface area contributed by atoms with Gasteiger partial charge >= 0.3 is 5.97 Å². The molecule has 1 aliphatic rings. The van der Waals surface area contributed by atoms with Gasteiger partial charge in [0.25, 0.3) is 0 Å². The van der Waals surface area contributed by atoms with E-state index in [1.165, 1.54) is 0 Å². The number of carbonyl (C=O) groups is 1. The Hall–Kier alpha value is -2.40. The molecule has 0 N–H and O–H groups in total. The van der Waals surface area contributed by atoms with E-state index in [0.717, 1.165) is 27.8 Å². The van der Waals surface area contributed by atoms with Crippen LogP contribution in [0, 0.1) is 0 Å². The number of aliphatic imine (C=N–C) groups is 1. The molecular weight excluding hydrogens is 370 g/mol. The predicted octanol–water partition coefficient (Wildman–Crippen LogP) is 4.58. The molecule has 0 saturated heterocycles. The zero-order valence-electron chi connectivity index (χ0n) is 13.2. The molecule has 0 saturated carbocycles. The Labute approximate surface area is 148 Å². The van der Waals surface area contributed by atoms with E-state index in [-0.39, 0.29) is 5.70 Å². The second-order valence-corrected chi connectivity index (χ2v) is 6.14. The van der Waals surface area contributed by atoms with Gasteiger partial charge < -0.3 is 9.47 Å². The molecule has 4 nitrogen and oxygen atoms in total. The fraction of sp³-hybridized carbons (Fsp3) is 0.158. The van der Waals surface area contributed by atoms with Crippen LogP contribution in [-0.2, 0) is 9.53 Å². The van der Waals surface area contributed by atoms with Crippen molar-refractivity contribution in [3.63, 3.8) is 0 Å². The van der Waals surface area contributed by atoms with E-state index in [1.807, 2.05) is 55.5 Å². The van der Waals surface area contributed by atoms with E-state index >= 15 is 0 Å². The minimum Gasteiger partial charge on any atom is -0.493 e. The SMILES string of the molecule is CCCOc1ccccc1C=C1N=C(c2ccc(Br)cc2)OC1=O. The largest absolute Gasteiger partial charge is 0.493 e. The Bertz CT molecular complexity index is 810. The summed E-state index contributed by atoms with van der Waals surface area (Å²) in [4.78, 5) is 16.4. The van der Waals surface area contributed by atoms with Crippen LogP contribution in [0.25, 0.3) is 6.08 Å². The number of nitrogens with zero attached hydrogens (tertiary/aromatic N) is 1. The van der Waals surface area contributed by atoms with Crippen molar-refractivity contribution < 1.29 is 14.3 Å². The molecule has 1 aliphatic heterocycles. The van der Waals surface area contributed by atoms with Crippen LogP contribution in [0.3, 0.4) is 0 Å². The molecule has 0 aromatic heterocycles. The Morgan fingerprint density at radius 3 is 2.67 bits per heavy atom. The lowest BCUT2D eigenvalue weighted by molar-refractivity contribution is -0.129. The molecule has 0 amide bonds. The highest BCUT2D eigenvalue weighted by molar-refractivity contribution is 9.10. The van der Waals surface area contributed by atoms with Crippen LogP contribution in [0.5, 0.6) is 5.75 Å². The Morgan fingerprint density at radius 1 is 1.17 bits per heavy atom.